The Labute approximate surface area is 175 Å². The second-order valence-corrected chi connectivity index (χ2v) is 7.07. The van der Waals surface area contributed by atoms with E-state index in [0.29, 0.717) is 28.3 Å². The van der Waals surface area contributed by atoms with Crippen LogP contribution in [0, 0.1) is 5.82 Å². The van der Waals surface area contributed by atoms with Gasteiger partial charge >= 0.3 is 0 Å². The highest BCUT2D eigenvalue weighted by atomic mass is 19.1. The predicted molar refractivity (Wildman–Crippen MR) is 115 cm³/mol. The highest BCUT2D eigenvalue weighted by Crippen LogP contribution is 2.32. The average Bonchev–Trinajstić information content (AvgIpc) is 3.43. The number of aromatic nitrogens is 7. The molecule has 0 radical (unpaired) electrons. The third-order valence-electron chi connectivity index (χ3n) is 5.15. The van der Waals surface area contributed by atoms with Crippen LogP contribution in [-0.2, 0) is 0 Å². The lowest BCUT2D eigenvalue weighted by atomic mass is 10.1. The first-order valence-corrected chi connectivity index (χ1v) is 9.62. The van der Waals surface area contributed by atoms with Gasteiger partial charge in [0.25, 0.3) is 0 Å². The second kappa shape index (κ2) is 6.81. The number of nitrogens with zero attached hydrogens (tertiary/aromatic N) is 5. The van der Waals surface area contributed by atoms with Gasteiger partial charge in [-0.05, 0) is 30.3 Å². The molecule has 2 N–H and O–H groups in total. The number of rotatable bonds is 3. The van der Waals surface area contributed by atoms with Gasteiger partial charge in [0.05, 0.1) is 28.6 Å². The molecule has 0 saturated carbocycles. The molecule has 0 fully saturated rings. The van der Waals surface area contributed by atoms with E-state index in [-0.39, 0.29) is 5.82 Å². The van der Waals surface area contributed by atoms with E-state index in [2.05, 4.69) is 30.1 Å². The van der Waals surface area contributed by atoms with Gasteiger partial charge in [-0.25, -0.2) is 9.37 Å². The van der Waals surface area contributed by atoms with Crippen LogP contribution in [0.15, 0.2) is 73.3 Å². The maximum atomic E-state index is 13.8. The van der Waals surface area contributed by atoms with Crippen molar-refractivity contribution in [3.05, 3.63) is 79.1 Å². The Morgan fingerprint density at radius 2 is 1.77 bits per heavy atom. The molecule has 0 aliphatic rings. The van der Waals surface area contributed by atoms with E-state index in [4.69, 9.17) is 4.98 Å². The SMILES string of the molecule is Fc1cccc(-c2nccc3[nH]c(-c4n[nH]c5ccc(-c6cnccn6)cc45)nc23)c1. The molecule has 7 nitrogen and oxygen atoms in total. The lowest BCUT2D eigenvalue weighted by Crippen LogP contribution is -1.87. The number of hydrogen-bond donors (Lipinski definition) is 2. The van der Waals surface area contributed by atoms with E-state index < -0.39 is 0 Å². The number of H-pyrrole nitrogens is 2. The summed E-state index contributed by atoms with van der Waals surface area (Å²) in [6.07, 6.45) is 6.71. The van der Waals surface area contributed by atoms with Crippen molar-refractivity contribution in [2.45, 2.75) is 0 Å². The van der Waals surface area contributed by atoms with E-state index in [9.17, 15) is 4.39 Å². The van der Waals surface area contributed by atoms with Crippen molar-refractivity contribution in [3.63, 3.8) is 0 Å². The molecule has 0 saturated heterocycles. The summed E-state index contributed by atoms with van der Waals surface area (Å²) in [5.74, 6) is 0.282. The van der Waals surface area contributed by atoms with E-state index in [0.717, 1.165) is 27.7 Å². The lowest BCUT2D eigenvalue weighted by molar-refractivity contribution is 0.628. The summed E-state index contributed by atoms with van der Waals surface area (Å²) in [6, 6.07) is 14.1. The Hall–Kier alpha value is -4.46. The Kier molecular flexibility index (Phi) is 3.82. The molecule has 0 aliphatic carbocycles. The van der Waals surface area contributed by atoms with Gasteiger partial charge in [-0.15, -0.1) is 0 Å². The molecule has 6 aromatic rings. The molecule has 0 atom stereocenters. The van der Waals surface area contributed by atoms with Crippen molar-refractivity contribution in [2.24, 2.45) is 0 Å². The van der Waals surface area contributed by atoms with Crippen molar-refractivity contribution in [2.75, 3.05) is 0 Å². The molecule has 0 bridgehead atoms. The molecule has 8 heteroatoms. The molecular weight excluding hydrogens is 393 g/mol. The summed E-state index contributed by atoms with van der Waals surface area (Å²) in [6.45, 7) is 0. The Balaban J connectivity index is 1.52. The predicted octanol–water partition coefficient (Wildman–Crippen LogP) is 4.76. The van der Waals surface area contributed by atoms with Gasteiger partial charge in [-0.2, -0.15) is 5.10 Å². The van der Waals surface area contributed by atoms with Crippen LogP contribution >= 0.6 is 0 Å². The zero-order valence-electron chi connectivity index (χ0n) is 16.0. The first-order valence-electron chi connectivity index (χ1n) is 9.62. The first-order chi connectivity index (χ1) is 15.3. The maximum Gasteiger partial charge on any atom is 0.159 e. The fourth-order valence-electron chi connectivity index (χ4n) is 3.70. The molecule has 0 spiro atoms. The third kappa shape index (κ3) is 2.93. The average molecular weight is 407 g/mol. The molecule has 0 aliphatic heterocycles. The minimum absolute atomic E-state index is 0.318. The number of nitrogens with one attached hydrogen (secondary N) is 2. The normalized spacial score (nSPS) is 11.4. The van der Waals surface area contributed by atoms with Crippen LogP contribution in [0.4, 0.5) is 4.39 Å². The number of fused-ring (bicyclic) bond motifs is 2. The number of halogens is 1. The van der Waals surface area contributed by atoms with Crippen LogP contribution in [-0.4, -0.2) is 35.1 Å². The van der Waals surface area contributed by atoms with Crippen LogP contribution in [0.1, 0.15) is 0 Å². The number of aromatic amines is 2. The van der Waals surface area contributed by atoms with Gasteiger partial charge in [-0.1, -0.05) is 18.2 Å². The largest absolute Gasteiger partial charge is 0.336 e. The van der Waals surface area contributed by atoms with Crippen LogP contribution in [0.2, 0.25) is 0 Å². The highest BCUT2D eigenvalue weighted by molar-refractivity contribution is 5.97. The van der Waals surface area contributed by atoms with E-state index in [1.54, 1.807) is 30.9 Å². The van der Waals surface area contributed by atoms with Gasteiger partial charge in [0.15, 0.2) is 5.82 Å². The fourth-order valence-corrected chi connectivity index (χ4v) is 3.70. The number of imidazole rings is 1. The summed E-state index contributed by atoms with van der Waals surface area (Å²) in [4.78, 5) is 21.0. The van der Waals surface area contributed by atoms with Gasteiger partial charge in [-0.3, -0.25) is 20.1 Å². The molecule has 31 heavy (non-hydrogen) atoms. The third-order valence-corrected chi connectivity index (χ3v) is 5.15. The van der Waals surface area contributed by atoms with Crippen molar-refractivity contribution in [1.82, 2.24) is 35.1 Å². The van der Waals surface area contributed by atoms with Crippen LogP contribution < -0.4 is 0 Å². The summed E-state index contributed by atoms with van der Waals surface area (Å²) in [5, 5.41) is 8.43. The van der Waals surface area contributed by atoms with E-state index >= 15 is 0 Å². The van der Waals surface area contributed by atoms with Crippen LogP contribution in [0.3, 0.4) is 0 Å². The van der Waals surface area contributed by atoms with Crippen molar-refractivity contribution in [3.8, 4) is 34.0 Å². The number of pyridine rings is 1. The topological polar surface area (TPSA) is 96.0 Å². The smallest absolute Gasteiger partial charge is 0.159 e. The molecule has 2 aromatic carbocycles. The maximum absolute atomic E-state index is 13.8. The van der Waals surface area contributed by atoms with Crippen molar-refractivity contribution >= 4 is 21.9 Å². The quantitative estimate of drug-likeness (QED) is 0.441. The van der Waals surface area contributed by atoms with Crippen molar-refractivity contribution < 1.29 is 4.39 Å². The summed E-state index contributed by atoms with van der Waals surface area (Å²) < 4.78 is 13.8. The number of benzene rings is 2. The lowest BCUT2D eigenvalue weighted by Gasteiger charge is -2.01. The molecule has 148 valence electrons. The van der Waals surface area contributed by atoms with Crippen LogP contribution in [0.25, 0.3) is 56.0 Å². The van der Waals surface area contributed by atoms with Gasteiger partial charge in [0.2, 0.25) is 0 Å². The molecule has 4 aromatic heterocycles. The highest BCUT2D eigenvalue weighted by Gasteiger charge is 2.16. The van der Waals surface area contributed by atoms with Gasteiger partial charge in [0.1, 0.15) is 17.0 Å². The van der Waals surface area contributed by atoms with Gasteiger partial charge in [0, 0.05) is 35.1 Å². The van der Waals surface area contributed by atoms with Crippen molar-refractivity contribution in [1.29, 1.82) is 0 Å². The molecule has 4 heterocycles. The molecule has 0 unspecified atom stereocenters. The zero-order valence-corrected chi connectivity index (χ0v) is 16.0. The summed E-state index contributed by atoms with van der Waals surface area (Å²) in [5.41, 5.74) is 6.00. The molecular formula is C23H14FN7. The molecule has 0 amide bonds. The Morgan fingerprint density at radius 3 is 2.65 bits per heavy atom. The minimum Gasteiger partial charge on any atom is -0.336 e. The summed E-state index contributed by atoms with van der Waals surface area (Å²) in [7, 11) is 0. The number of hydrogen-bond acceptors (Lipinski definition) is 5. The second-order valence-electron chi connectivity index (χ2n) is 7.07. The summed E-state index contributed by atoms with van der Waals surface area (Å²) >= 11 is 0. The standard InChI is InChI=1S/C23H14FN7/c24-15-3-1-2-14(10-15)20-22-18(6-7-27-20)28-23(29-22)21-16-11-13(4-5-17(16)30-31-21)19-12-25-8-9-26-19/h1-12H,(H,28,29)(H,30,31). The molecule has 6 rings (SSSR count). The van der Waals surface area contributed by atoms with E-state index in [1.807, 2.05) is 30.3 Å². The Morgan fingerprint density at radius 1 is 0.806 bits per heavy atom. The fraction of sp³-hybridized carbons (Fsp3) is 0. The Bertz CT molecular complexity index is 1550. The van der Waals surface area contributed by atoms with Gasteiger partial charge < -0.3 is 4.98 Å². The minimum atomic E-state index is -0.318. The van der Waals surface area contributed by atoms with E-state index in [1.165, 1.54) is 12.1 Å². The zero-order chi connectivity index (χ0) is 20.8. The van der Waals surface area contributed by atoms with Crippen LogP contribution in [0.5, 0.6) is 0 Å². The first kappa shape index (κ1) is 17.4. The monoisotopic (exact) mass is 407 g/mol.